The molecule has 0 saturated carbocycles. The van der Waals surface area contributed by atoms with E-state index in [0.29, 0.717) is 30.8 Å². The van der Waals surface area contributed by atoms with Gasteiger partial charge in [0.05, 0.1) is 18.8 Å². The first kappa shape index (κ1) is 17.0. The van der Waals surface area contributed by atoms with Gasteiger partial charge < -0.3 is 20.6 Å². The lowest BCUT2D eigenvalue weighted by molar-refractivity contribution is 0.0944. The maximum absolute atomic E-state index is 12.3. The number of carbonyl (C=O) groups excluding carboxylic acids is 1. The second-order valence-electron chi connectivity index (χ2n) is 5.75. The number of hydrogen-bond acceptors (Lipinski definition) is 4. The summed E-state index contributed by atoms with van der Waals surface area (Å²) in [6.07, 6.45) is -0.490. The van der Waals surface area contributed by atoms with E-state index in [-0.39, 0.29) is 18.5 Å². The smallest absolute Gasteiger partial charge is 0.407 e. The lowest BCUT2D eigenvalue weighted by atomic mass is 10.00. The highest BCUT2D eigenvalue weighted by atomic mass is 16.4. The van der Waals surface area contributed by atoms with Gasteiger partial charge in [-0.3, -0.25) is 9.48 Å². The van der Waals surface area contributed by atoms with E-state index in [1.165, 1.54) is 4.90 Å². The molecule has 8 nitrogen and oxygen atoms in total. The molecule has 0 radical (unpaired) electrons. The van der Waals surface area contributed by atoms with E-state index in [0.717, 1.165) is 11.3 Å². The minimum Gasteiger partial charge on any atom is -0.465 e. The number of nitrogens with zero attached hydrogens (tertiary/aromatic N) is 3. The molecule has 0 saturated heterocycles. The molecule has 0 spiro atoms. The Hall–Kier alpha value is -2.35. The van der Waals surface area contributed by atoms with Crippen LogP contribution >= 0.6 is 0 Å². The number of aromatic nitrogens is 2. The van der Waals surface area contributed by atoms with Crippen molar-refractivity contribution in [3.63, 3.8) is 0 Å². The summed E-state index contributed by atoms with van der Waals surface area (Å²) < 4.78 is 1.63. The standard InChI is InChI=1S/C15H23N5O3/c1-9(6-16-3)7-20-13(14(21)17-4)11-8-19(15(22)23)10(2)5-12(11)18-20/h10,16H,1,5-8H2,2-4H3,(H,17,21)(H,22,23)/t10-/m1/s1. The lowest BCUT2D eigenvalue weighted by Gasteiger charge is -2.30. The normalized spacial score (nSPS) is 16.8. The molecule has 1 aromatic heterocycles. The Morgan fingerprint density at radius 3 is 2.70 bits per heavy atom. The van der Waals surface area contributed by atoms with Gasteiger partial charge >= 0.3 is 6.09 Å². The highest BCUT2D eigenvalue weighted by Crippen LogP contribution is 2.26. The van der Waals surface area contributed by atoms with E-state index in [1.807, 2.05) is 14.0 Å². The molecule has 1 aromatic rings. The first-order valence-electron chi connectivity index (χ1n) is 7.50. The molecule has 2 amide bonds. The zero-order valence-corrected chi connectivity index (χ0v) is 13.7. The van der Waals surface area contributed by atoms with Crippen molar-refractivity contribution in [3.05, 3.63) is 29.1 Å². The third-order valence-electron chi connectivity index (χ3n) is 3.97. The van der Waals surface area contributed by atoms with Crippen LogP contribution in [0.3, 0.4) is 0 Å². The third kappa shape index (κ3) is 3.37. The largest absolute Gasteiger partial charge is 0.465 e. The number of carboxylic acid groups (broad SMARTS) is 1. The summed E-state index contributed by atoms with van der Waals surface area (Å²) in [6.45, 7) is 7.02. The van der Waals surface area contributed by atoms with Crippen molar-refractivity contribution in [2.45, 2.75) is 32.5 Å². The van der Waals surface area contributed by atoms with Gasteiger partial charge in [-0.1, -0.05) is 6.58 Å². The van der Waals surface area contributed by atoms with Gasteiger partial charge in [-0.25, -0.2) is 4.79 Å². The van der Waals surface area contributed by atoms with Gasteiger partial charge in [0.2, 0.25) is 0 Å². The molecule has 23 heavy (non-hydrogen) atoms. The summed E-state index contributed by atoms with van der Waals surface area (Å²) in [5.74, 6) is -0.268. The van der Waals surface area contributed by atoms with Crippen LogP contribution in [-0.2, 0) is 19.5 Å². The summed E-state index contributed by atoms with van der Waals surface area (Å²) in [5.41, 5.74) is 2.77. The third-order valence-corrected chi connectivity index (χ3v) is 3.97. The fourth-order valence-electron chi connectivity index (χ4n) is 2.86. The molecule has 2 rings (SSSR count). The molecular formula is C15H23N5O3. The van der Waals surface area contributed by atoms with E-state index in [2.05, 4.69) is 22.3 Å². The molecule has 0 fully saturated rings. The van der Waals surface area contributed by atoms with Crippen molar-refractivity contribution in [2.75, 3.05) is 20.6 Å². The summed E-state index contributed by atoms with van der Waals surface area (Å²) in [5, 5.41) is 19.5. The van der Waals surface area contributed by atoms with Crippen LogP contribution in [0.4, 0.5) is 4.79 Å². The first-order valence-corrected chi connectivity index (χ1v) is 7.50. The van der Waals surface area contributed by atoms with Crippen molar-refractivity contribution in [2.24, 2.45) is 0 Å². The van der Waals surface area contributed by atoms with Crippen LogP contribution in [0.2, 0.25) is 0 Å². The highest BCUT2D eigenvalue weighted by Gasteiger charge is 2.33. The van der Waals surface area contributed by atoms with Crippen molar-refractivity contribution in [3.8, 4) is 0 Å². The summed E-state index contributed by atoms with van der Waals surface area (Å²) >= 11 is 0. The monoisotopic (exact) mass is 321 g/mol. The number of nitrogens with one attached hydrogen (secondary N) is 2. The second-order valence-corrected chi connectivity index (χ2v) is 5.75. The lowest BCUT2D eigenvalue weighted by Crippen LogP contribution is -2.42. The molecule has 3 N–H and O–H groups in total. The molecule has 8 heteroatoms. The van der Waals surface area contributed by atoms with E-state index < -0.39 is 6.09 Å². The van der Waals surface area contributed by atoms with Crippen LogP contribution in [0.15, 0.2) is 12.2 Å². The number of carbonyl (C=O) groups is 2. The van der Waals surface area contributed by atoms with Gasteiger partial charge in [0, 0.05) is 31.6 Å². The molecule has 0 aliphatic carbocycles. The Kier molecular flexibility index (Phi) is 5.05. The molecule has 0 bridgehead atoms. The summed E-state index contributed by atoms with van der Waals surface area (Å²) in [7, 11) is 3.38. The number of fused-ring (bicyclic) bond motifs is 1. The highest BCUT2D eigenvalue weighted by molar-refractivity contribution is 5.94. The number of hydrogen-bond donors (Lipinski definition) is 3. The van der Waals surface area contributed by atoms with Crippen LogP contribution < -0.4 is 10.6 Å². The van der Waals surface area contributed by atoms with Gasteiger partial charge in [0.15, 0.2) is 0 Å². The zero-order valence-electron chi connectivity index (χ0n) is 13.7. The van der Waals surface area contributed by atoms with Gasteiger partial charge in [-0.2, -0.15) is 5.10 Å². The van der Waals surface area contributed by atoms with Crippen molar-refractivity contribution >= 4 is 12.0 Å². The molecule has 2 heterocycles. The Bertz CT molecular complexity index is 637. The van der Waals surface area contributed by atoms with Gasteiger partial charge in [-0.15, -0.1) is 0 Å². The topological polar surface area (TPSA) is 99.5 Å². The van der Waals surface area contributed by atoms with Crippen LogP contribution in [0.1, 0.15) is 28.7 Å². The van der Waals surface area contributed by atoms with E-state index in [4.69, 9.17) is 0 Å². The Morgan fingerprint density at radius 1 is 1.43 bits per heavy atom. The minimum atomic E-state index is -0.988. The SMILES string of the molecule is C=C(CNC)Cn1nc2c(c1C(=O)NC)CN(C(=O)O)[C@H](C)C2. The molecule has 0 unspecified atom stereocenters. The molecule has 1 aliphatic rings. The maximum atomic E-state index is 12.3. The van der Waals surface area contributed by atoms with E-state index >= 15 is 0 Å². The molecule has 1 atom stereocenters. The molecule has 0 aromatic carbocycles. The number of rotatable bonds is 5. The van der Waals surface area contributed by atoms with Crippen molar-refractivity contribution in [1.82, 2.24) is 25.3 Å². The predicted octanol–water partition coefficient (Wildman–Crippen LogP) is 0.443. The van der Waals surface area contributed by atoms with Crippen LogP contribution in [0.5, 0.6) is 0 Å². The van der Waals surface area contributed by atoms with Crippen LogP contribution in [-0.4, -0.2) is 58.5 Å². The molecule has 1 aliphatic heterocycles. The molecule has 126 valence electrons. The minimum absolute atomic E-state index is 0.165. The Labute approximate surface area is 135 Å². The fourth-order valence-corrected chi connectivity index (χ4v) is 2.86. The average Bonchev–Trinajstić information content (AvgIpc) is 2.82. The summed E-state index contributed by atoms with van der Waals surface area (Å²) in [4.78, 5) is 25.0. The molecular weight excluding hydrogens is 298 g/mol. The van der Waals surface area contributed by atoms with Gasteiger partial charge in [0.25, 0.3) is 5.91 Å². The van der Waals surface area contributed by atoms with Gasteiger partial charge in [0.1, 0.15) is 5.69 Å². The predicted molar refractivity (Wildman–Crippen MR) is 85.4 cm³/mol. The number of amides is 2. The quantitative estimate of drug-likeness (QED) is 0.684. The number of likely N-dealkylation sites (N-methyl/N-ethyl adjacent to an activating group) is 1. The average molecular weight is 321 g/mol. The fraction of sp³-hybridized carbons (Fsp3) is 0.533. The van der Waals surface area contributed by atoms with Crippen molar-refractivity contribution < 1.29 is 14.7 Å². The second kappa shape index (κ2) is 6.82. The maximum Gasteiger partial charge on any atom is 0.407 e. The first-order chi connectivity index (χ1) is 10.9. The van der Waals surface area contributed by atoms with Crippen LogP contribution in [0, 0.1) is 0 Å². The van der Waals surface area contributed by atoms with Crippen LogP contribution in [0.25, 0.3) is 0 Å². The summed E-state index contributed by atoms with van der Waals surface area (Å²) in [6, 6.07) is -0.165. The van der Waals surface area contributed by atoms with Gasteiger partial charge in [-0.05, 0) is 19.5 Å². The van der Waals surface area contributed by atoms with E-state index in [1.54, 1.807) is 11.7 Å². The zero-order chi connectivity index (χ0) is 17.1. The van der Waals surface area contributed by atoms with E-state index in [9.17, 15) is 14.7 Å². The Balaban J connectivity index is 2.42. The van der Waals surface area contributed by atoms with Crippen molar-refractivity contribution in [1.29, 1.82) is 0 Å². The Morgan fingerprint density at radius 2 is 2.13 bits per heavy atom.